The lowest BCUT2D eigenvalue weighted by atomic mass is 9.99. The fourth-order valence-electron chi connectivity index (χ4n) is 7.63. The number of hydrogen-bond donors (Lipinski definition) is 4. The van der Waals surface area contributed by atoms with Crippen molar-refractivity contribution in [1.82, 2.24) is 40.4 Å². The van der Waals surface area contributed by atoms with E-state index in [0.29, 0.717) is 58.0 Å². The van der Waals surface area contributed by atoms with E-state index in [2.05, 4.69) is 37.1 Å². The number of likely N-dealkylation sites (tertiary alicyclic amines) is 2. The number of H-pyrrole nitrogens is 1. The van der Waals surface area contributed by atoms with Crippen LogP contribution in [0.25, 0.3) is 10.9 Å². The monoisotopic (exact) mass is 627 g/mol. The second kappa shape index (κ2) is 13.7. The molecule has 4 N–H and O–H groups in total. The molecule has 0 bridgehead atoms. The Labute approximate surface area is 269 Å². The second-order valence-corrected chi connectivity index (χ2v) is 13.1. The molecule has 0 radical (unpaired) electrons. The lowest BCUT2D eigenvalue weighted by molar-refractivity contribution is -0.134. The topological polar surface area (TPSA) is 129 Å². The number of amides is 5. The number of piperidine rings is 2. The van der Waals surface area contributed by atoms with Crippen LogP contribution < -0.4 is 16.0 Å². The van der Waals surface area contributed by atoms with Crippen molar-refractivity contribution in [2.24, 2.45) is 0 Å². The van der Waals surface area contributed by atoms with E-state index in [-0.39, 0.29) is 24.0 Å². The van der Waals surface area contributed by atoms with Crippen LogP contribution in [-0.2, 0) is 17.6 Å². The standard InChI is InChI=1S/C34H45N9O3/c44-32(41-14-8-27(9-15-41)40-19-12-35-13-20-40)31(22-24-5-6-30-26(21-24)23-36-39-30)38-33(45)42-16-10-28(11-17-42)43-18-7-25-3-1-2-4-29(25)37-34(43)46/h1-6,21,23,27-28,31,35H,7-20,22H2,(H,36,39)(H,37,46)(H,38,45). The highest BCUT2D eigenvalue weighted by Gasteiger charge is 2.35. The SMILES string of the molecule is O=C(NC(Cc1ccc2[nH]ncc2c1)C(=O)N1CCC(N2CCNCC2)CC1)N1CCC(N2CCc3ccccc3NC2=O)CC1. The number of piperazine rings is 1. The lowest BCUT2D eigenvalue weighted by Gasteiger charge is -2.41. The van der Waals surface area contributed by atoms with Gasteiger partial charge in [-0.25, -0.2) is 9.59 Å². The molecule has 244 valence electrons. The van der Waals surface area contributed by atoms with E-state index < -0.39 is 6.04 Å². The molecule has 7 rings (SSSR count). The number of hydrogen-bond acceptors (Lipinski definition) is 6. The number of benzene rings is 2. The molecule has 0 aliphatic carbocycles. The van der Waals surface area contributed by atoms with Crippen LogP contribution in [0, 0.1) is 0 Å². The fraction of sp³-hybridized carbons (Fsp3) is 0.529. The number of nitrogens with one attached hydrogen (secondary N) is 4. The molecule has 46 heavy (non-hydrogen) atoms. The van der Waals surface area contributed by atoms with Gasteiger partial charge in [0.1, 0.15) is 6.04 Å². The first kappa shape index (κ1) is 30.5. The average Bonchev–Trinajstić information content (AvgIpc) is 3.50. The van der Waals surface area contributed by atoms with Gasteiger partial charge in [0.2, 0.25) is 5.91 Å². The minimum Gasteiger partial charge on any atom is -0.341 e. The first-order chi connectivity index (χ1) is 22.5. The van der Waals surface area contributed by atoms with E-state index in [1.54, 1.807) is 11.1 Å². The van der Waals surface area contributed by atoms with Gasteiger partial charge in [0.05, 0.1) is 11.7 Å². The molecular weight excluding hydrogens is 582 g/mol. The van der Waals surface area contributed by atoms with Gasteiger partial charge in [-0.3, -0.25) is 14.8 Å². The van der Waals surface area contributed by atoms with E-state index >= 15 is 0 Å². The fourth-order valence-corrected chi connectivity index (χ4v) is 7.63. The van der Waals surface area contributed by atoms with Crippen LogP contribution >= 0.6 is 0 Å². The first-order valence-corrected chi connectivity index (χ1v) is 16.9. The summed E-state index contributed by atoms with van der Waals surface area (Å²) >= 11 is 0. The summed E-state index contributed by atoms with van der Waals surface area (Å²) in [4.78, 5) is 49.0. The zero-order chi connectivity index (χ0) is 31.5. The van der Waals surface area contributed by atoms with Crippen molar-refractivity contribution in [1.29, 1.82) is 0 Å². The van der Waals surface area contributed by atoms with Gasteiger partial charge in [0, 0.05) is 88.5 Å². The number of aromatic amines is 1. The number of rotatable bonds is 6. The smallest absolute Gasteiger partial charge is 0.322 e. The van der Waals surface area contributed by atoms with Gasteiger partial charge in [-0.1, -0.05) is 24.3 Å². The van der Waals surface area contributed by atoms with Crippen molar-refractivity contribution < 1.29 is 14.4 Å². The number of urea groups is 2. The quantitative estimate of drug-likeness (QED) is 0.333. The third-order valence-corrected chi connectivity index (χ3v) is 10.3. The Bertz CT molecular complexity index is 1540. The molecule has 12 heteroatoms. The van der Waals surface area contributed by atoms with Crippen molar-refractivity contribution in [2.45, 2.75) is 56.7 Å². The van der Waals surface area contributed by atoms with Crippen molar-refractivity contribution >= 4 is 34.6 Å². The largest absolute Gasteiger partial charge is 0.341 e. The van der Waals surface area contributed by atoms with Gasteiger partial charge in [0.25, 0.3) is 0 Å². The Balaban J connectivity index is 0.986. The summed E-state index contributed by atoms with van der Waals surface area (Å²) in [6, 6.07) is 13.6. The highest BCUT2D eigenvalue weighted by atomic mass is 16.2. The number of fused-ring (bicyclic) bond motifs is 2. The summed E-state index contributed by atoms with van der Waals surface area (Å²) < 4.78 is 0. The molecule has 1 atom stereocenters. The molecule has 4 aliphatic heterocycles. The number of carbonyl (C=O) groups is 3. The summed E-state index contributed by atoms with van der Waals surface area (Å²) in [6.07, 6.45) is 6.30. The van der Waals surface area contributed by atoms with E-state index in [1.807, 2.05) is 46.2 Å². The highest BCUT2D eigenvalue weighted by Crippen LogP contribution is 2.25. The number of aromatic nitrogens is 2. The maximum atomic E-state index is 14.0. The summed E-state index contributed by atoms with van der Waals surface area (Å²) in [5, 5.41) is 17.7. The predicted octanol–water partition coefficient (Wildman–Crippen LogP) is 2.63. The van der Waals surface area contributed by atoms with Crippen molar-refractivity contribution in [3.05, 3.63) is 59.8 Å². The molecule has 4 aliphatic rings. The number of para-hydroxylation sites is 1. The zero-order valence-electron chi connectivity index (χ0n) is 26.4. The van der Waals surface area contributed by atoms with E-state index in [1.165, 1.54) is 0 Å². The Hall–Kier alpha value is -4.16. The first-order valence-electron chi connectivity index (χ1n) is 16.9. The van der Waals surface area contributed by atoms with Crippen molar-refractivity contribution in [3.8, 4) is 0 Å². The number of carbonyl (C=O) groups excluding carboxylic acids is 3. The van der Waals surface area contributed by atoms with Crippen molar-refractivity contribution in [2.75, 3.05) is 64.2 Å². The molecule has 5 heterocycles. The van der Waals surface area contributed by atoms with Gasteiger partial charge in [0.15, 0.2) is 0 Å². The van der Waals surface area contributed by atoms with Crippen LogP contribution in [0.2, 0.25) is 0 Å². The van der Waals surface area contributed by atoms with Gasteiger partial charge in [-0.2, -0.15) is 5.10 Å². The minimum atomic E-state index is -0.666. The van der Waals surface area contributed by atoms with Crippen LogP contribution in [0.5, 0.6) is 0 Å². The van der Waals surface area contributed by atoms with Crippen LogP contribution in [0.1, 0.15) is 36.8 Å². The van der Waals surface area contributed by atoms with Crippen molar-refractivity contribution in [3.63, 3.8) is 0 Å². The minimum absolute atomic E-state index is 0.0184. The number of nitrogens with zero attached hydrogens (tertiary/aromatic N) is 5. The molecule has 3 fully saturated rings. The molecule has 1 aromatic heterocycles. The van der Waals surface area contributed by atoms with E-state index in [0.717, 1.165) is 73.2 Å². The molecule has 12 nitrogen and oxygen atoms in total. The second-order valence-electron chi connectivity index (χ2n) is 13.1. The average molecular weight is 628 g/mol. The molecule has 1 unspecified atom stereocenters. The van der Waals surface area contributed by atoms with E-state index in [4.69, 9.17) is 0 Å². The van der Waals surface area contributed by atoms with Gasteiger partial charge in [-0.05, 0) is 61.4 Å². The highest BCUT2D eigenvalue weighted by molar-refractivity contribution is 5.91. The zero-order valence-corrected chi connectivity index (χ0v) is 26.4. The summed E-state index contributed by atoms with van der Waals surface area (Å²) in [5.74, 6) is -0.0184. The maximum absolute atomic E-state index is 14.0. The Kier molecular flexibility index (Phi) is 9.07. The Morgan fingerprint density at radius 2 is 1.63 bits per heavy atom. The lowest BCUT2D eigenvalue weighted by Crippen LogP contribution is -2.58. The van der Waals surface area contributed by atoms with E-state index in [9.17, 15) is 14.4 Å². The van der Waals surface area contributed by atoms with Crippen LogP contribution in [-0.4, -0.2) is 125 Å². The maximum Gasteiger partial charge on any atom is 0.322 e. The third-order valence-electron chi connectivity index (χ3n) is 10.3. The molecule has 3 aromatic rings. The van der Waals surface area contributed by atoms with Gasteiger partial charge < -0.3 is 30.7 Å². The molecular formula is C34H45N9O3. The summed E-state index contributed by atoms with van der Waals surface area (Å²) in [7, 11) is 0. The molecule has 5 amide bonds. The molecule has 0 spiro atoms. The molecule has 3 saturated heterocycles. The van der Waals surface area contributed by atoms with Crippen LogP contribution in [0.4, 0.5) is 15.3 Å². The van der Waals surface area contributed by atoms with Gasteiger partial charge in [-0.15, -0.1) is 0 Å². The molecule has 2 aromatic carbocycles. The van der Waals surface area contributed by atoms with Crippen LogP contribution in [0.3, 0.4) is 0 Å². The number of anilines is 1. The Morgan fingerprint density at radius 1 is 0.891 bits per heavy atom. The normalized spacial score (nSPS) is 21.0. The molecule has 0 saturated carbocycles. The van der Waals surface area contributed by atoms with Gasteiger partial charge >= 0.3 is 12.1 Å². The Morgan fingerprint density at radius 3 is 2.43 bits per heavy atom. The summed E-state index contributed by atoms with van der Waals surface area (Å²) in [5.41, 5.74) is 3.94. The van der Waals surface area contributed by atoms with Crippen LogP contribution in [0.15, 0.2) is 48.7 Å². The third kappa shape index (κ3) is 6.68. The summed E-state index contributed by atoms with van der Waals surface area (Å²) in [6.45, 7) is 7.28. The predicted molar refractivity (Wildman–Crippen MR) is 177 cm³/mol.